The molecule has 0 atom stereocenters. The van der Waals surface area contributed by atoms with Crippen LogP contribution in [0, 0.1) is 0 Å². The van der Waals surface area contributed by atoms with E-state index in [0.717, 1.165) is 43.9 Å². The van der Waals surface area contributed by atoms with Crippen molar-refractivity contribution in [2.24, 2.45) is 0 Å². The van der Waals surface area contributed by atoms with Gasteiger partial charge in [-0.3, -0.25) is 4.90 Å². The number of hydrogen-bond donors (Lipinski definition) is 1. The summed E-state index contributed by atoms with van der Waals surface area (Å²) in [5.74, 6) is 0. The maximum atomic E-state index is 12.5. The lowest BCUT2D eigenvalue weighted by Gasteiger charge is -2.34. The number of rotatable bonds is 6. The Balaban J connectivity index is 1.20. The van der Waals surface area contributed by atoms with Gasteiger partial charge >= 0.3 is 6.03 Å². The van der Waals surface area contributed by atoms with Crippen LogP contribution in [0.4, 0.5) is 4.79 Å². The van der Waals surface area contributed by atoms with Gasteiger partial charge in [0.2, 0.25) is 0 Å². The van der Waals surface area contributed by atoms with Gasteiger partial charge in [0.25, 0.3) is 0 Å². The van der Waals surface area contributed by atoms with Crippen molar-refractivity contribution in [2.75, 3.05) is 26.2 Å². The lowest BCUT2D eigenvalue weighted by Crippen LogP contribution is -2.51. The van der Waals surface area contributed by atoms with Crippen LogP contribution in [0.25, 0.3) is 0 Å². The molecule has 0 unspecified atom stereocenters. The number of carbonyl (C=O) groups excluding carboxylic acids is 1. The second-order valence-corrected chi connectivity index (χ2v) is 7.32. The van der Waals surface area contributed by atoms with E-state index in [1.165, 1.54) is 11.9 Å². The van der Waals surface area contributed by atoms with E-state index in [4.69, 9.17) is 0 Å². The molecule has 150 valence electrons. The Labute approximate surface area is 171 Å². The number of amides is 2. The molecule has 1 fully saturated rings. The summed E-state index contributed by atoms with van der Waals surface area (Å²) >= 11 is 0. The summed E-state index contributed by atoms with van der Waals surface area (Å²) in [5, 5.41) is 7.15. The average Bonchev–Trinajstić information content (AvgIpc) is 3.27. The fourth-order valence-corrected chi connectivity index (χ4v) is 3.50. The average molecular weight is 390 g/mol. The largest absolute Gasteiger partial charge is 0.334 e. The van der Waals surface area contributed by atoms with Gasteiger partial charge in [-0.05, 0) is 16.7 Å². The van der Waals surface area contributed by atoms with Crippen LogP contribution in [0.5, 0.6) is 0 Å². The summed E-state index contributed by atoms with van der Waals surface area (Å²) < 4.78 is 1.79. The van der Waals surface area contributed by atoms with Crippen LogP contribution >= 0.6 is 0 Å². The molecule has 0 radical (unpaired) electrons. The van der Waals surface area contributed by atoms with Crippen molar-refractivity contribution in [3.63, 3.8) is 0 Å². The zero-order valence-electron chi connectivity index (χ0n) is 16.4. The maximum absolute atomic E-state index is 12.5. The van der Waals surface area contributed by atoms with Gasteiger partial charge in [0.1, 0.15) is 12.7 Å². The first-order valence-corrected chi connectivity index (χ1v) is 9.95. The van der Waals surface area contributed by atoms with Crippen LogP contribution < -0.4 is 5.32 Å². The minimum Gasteiger partial charge on any atom is -0.334 e. The van der Waals surface area contributed by atoms with Crippen molar-refractivity contribution in [1.82, 2.24) is 29.9 Å². The summed E-state index contributed by atoms with van der Waals surface area (Å²) in [5.41, 5.74) is 3.56. The molecule has 7 heteroatoms. The molecular weight excluding hydrogens is 364 g/mol. The predicted octanol–water partition coefficient (Wildman–Crippen LogP) is 2.35. The number of aromatic nitrogens is 3. The fourth-order valence-electron chi connectivity index (χ4n) is 3.50. The van der Waals surface area contributed by atoms with E-state index in [9.17, 15) is 4.79 Å². The van der Waals surface area contributed by atoms with Crippen molar-refractivity contribution in [2.45, 2.75) is 19.6 Å². The quantitative estimate of drug-likeness (QED) is 0.702. The second kappa shape index (κ2) is 9.34. The zero-order valence-corrected chi connectivity index (χ0v) is 16.4. The van der Waals surface area contributed by atoms with E-state index in [1.54, 1.807) is 11.0 Å². The maximum Gasteiger partial charge on any atom is 0.317 e. The summed E-state index contributed by atoms with van der Waals surface area (Å²) in [6.07, 6.45) is 3.24. The highest BCUT2D eigenvalue weighted by atomic mass is 16.2. The number of urea groups is 1. The van der Waals surface area contributed by atoms with E-state index in [2.05, 4.69) is 56.7 Å². The van der Waals surface area contributed by atoms with Gasteiger partial charge in [-0.1, -0.05) is 54.6 Å². The van der Waals surface area contributed by atoms with Gasteiger partial charge in [0, 0.05) is 39.3 Å². The van der Waals surface area contributed by atoms with E-state index in [0.29, 0.717) is 13.1 Å². The lowest BCUT2D eigenvalue weighted by atomic mass is 10.1. The molecule has 0 aliphatic carbocycles. The minimum absolute atomic E-state index is 0.0102. The SMILES string of the molecule is O=C(NCc1ccc(Cn2cncn2)cc1)N1CCN(Cc2ccccc2)CC1. The van der Waals surface area contributed by atoms with Gasteiger partial charge in [0.15, 0.2) is 0 Å². The molecule has 4 rings (SSSR count). The summed E-state index contributed by atoms with van der Waals surface area (Å²) in [6.45, 7) is 5.49. The van der Waals surface area contributed by atoms with Gasteiger partial charge < -0.3 is 10.2 Å². The topological polar surface area (TPSA) is 66.3 Å². The first-order valence-electron chi connectivity index (χ1n) is 9.95. The van der Waals surface area contributed by atoms with Crippen LogP contribution in [-0.2, 0) is 19.6 Å². The molecule has 0 bridgehead atoms. The van der Waals surface area contributed by atoms with Crippen molar-refractivity contribution in [3.05, 3.63) is 83.9 Å². The molecule has 2 heterocycles. The molecular formula is C22H26N6O. The van der Waals surface area contributed by atoms with Gasteiger partial charge in [-0.25, -0.2) is 14.5 Å². The van der Waals surface area contributed by atoms with Crippen molar-refractivity contribution in [3.8, 4) is 0 Å². The molecule has 29 heavy (non-hydrogen) atoms. The normalized spacial score (nSPS) is 14.7. The number of benzene rings is 2. The van der Waals surface area contributed by atoms with Crippen LogP contribution in [0.1, 0.15) is 16.7 Å². The lowest BCUT2D eigenvalue weighted by molar-refractivity contribution is 0.135. The molecule has 0 saturated carbocycles. The molecule has 1 aliphatic heterocycles. The zero-order chi connectivity index (χ0) is 19.9. The summed E-state index contributed by atoms with van der Waals surface area (Å²) in [6, 6.07) is 18.7. The van der Waals surface area contributed by atoms with E-state index >= 15 is 0 Å². The van der Waals surface area contributed by atoms with Gasteiger partial charge in [-0.2, -0.15) is 5.10 Å². The van der Waals surface area contributed by atoms with E-state index in [-0.39, 0.29) is 6.03 Å². The standard InChI is InChI=1S/C22H26N6O/c29-22(27-12-10-26(11-13-27)15-20-4-2-1-3-5-20)24-14-19-6-8-21(9-7-19)16-28-18-23-17-25-28/h1-9,17-18H,10-16H2,(H,24,29). The number of carbonyl (C=O) groups is 1. The Morgan fingerprint density at radius 3 is 2.24 bits per heavy atom. The molecule has 2 aromatic carbocycles. The Bertz CT molecular complexity index is 887. The highest BCUT2D eigenvalue weighted by molar-refractivity contribution is 5.74. The van der Waals surface area contributed by atoms with Crippen LogP contribution in [0.2, 0.25) is 0 Å². The predicted molar refractivity (Wildman–Crippen MR) is 111 cm³/mol. The Hall–Kier alpha value is -3.19. The Kier molecular flexibility index (Phi) is 6.16. The molecule has 1 aliphatic rings. The smallest absolute Gasteiger partial charge is 0.317 e. The third-order valence-corrected chi connectivity index (χ3v) is 5.19. The van der Waals surface area contributed by atoms with Crippen molar-refractivity contribution >= 4 is 6.03 Å². The monoisotopic (exact) mass is 390 g/mol. The first-order chi connectivity index (χ1) is 14.3. The summed E-state index contributed by atoms with van der Waals surface area (Å²) in [7, 11) is 0. The Morgan fingerprint density at radius 1 is 0.862 bits per heavy atom. The highest BCUT2D eigenvalue weighted by Crippen LogP contribution is 2.09. The molecule has 7 nitrogen and oxygen atoms in total. The number of nitrogens with one attached hydrogen (secondary N) is 1. The molecule has 1 N–H and O–H groups in total. The van der Waals surface area contributed by atoms with Crippen LogP contribution in [-0.4, -0.2) is 56.8 Å². The number of hydrogen-bond acceptors (Lipinski definition) is 4. The highest BCUT2D eigenvalue weighted by Gasteiger charge is 2.20. The number of piperazine rings is 1. The summed E-state index contributed by atoms with van der Waals surface area (Å²) in [4.78, 5) is 20.7. The van der Waals surface area contributed by atoms with E-state index in [1.807, 2.05) is 23.1 Å². The Morgan fingerprint density at radius 2 is 1.55 bits per heavy atom. The molecule has 1 saturated heterocycles. The molecule has 0 spiro atoms. The van der Waals surface area contributed by atoms with Gasteiger partial charge in [0.05, 0.1) is 6.54 Å². The van der Waals surface area contributed by atoms with Crippen molar-refractivity contribution < 1.29 is 4.79 Å². The molecule has 1 aromatic heterocycles. The minimum atomic E-state index is 0.0102. The first kappa shape index (κ1) is 19.1. The van der Waals surface area contributed by atoms with Crippen LogP contribution in [0.15, 0.2) is 67.3 Å². The van der Waals surface area contributed by atoms with Crippen LogP contribution in [0.3, 0.4) is 0 Å². The van der Waals surface area contributed by atoms with Gasteiger partial charge in [-0.15, -0.1) is 0 Å². The fraction of sp³-hybridized carbons (Fsp3) is 0.318. The molecule has 2 amide bonds. The third-order valence-electron chi connectivity index (χ3n) is 5.19. The van der Waals surface area contributed by atoms with Crippen molar-refractivity contribution in [1.29, 1.82) is 0 Å². The third kappa shape index (κ3) is 5.42. The number of nitrogens with zero attached hydrogens (tertiary/aromatic N) is 5. The molecule has 3 aromatic rings. The second-order valence-electron chi connectivity index (χ2n) is 7.32. The van der Waals surface area contributed by atoms with E-state index < -0.39 is 0 Å².